The van der Waals surface area contributed by atoms with Crippen molar-refractivity contribution in [2.45, 2.75) is 59.0 Å². The van der Waals surface area contributed by atoms with E-state index >= 15 is 0 Å². The van der Waals surface area contributed by atoms with Crippen molar-refractivity contribution in [3.05, 3.63) is 17.6 Å². The number of aryl methyl sites for hydroxylation is 1. The van der Waals surface area contributed by atoms with E-state index in [1.165, 1.54) is 0 Å². The molecule has 1 aromatic rings. The fourth-order valence-corrected chi connectivity index (χ4v) is 4.18. The molecule has 0 aromatic carbocycles. The number of hydrogen-bond donors (Lipinski definition) is 1. The minimum Gasteiger partial charge on any atom is -0.464 e. The first kappa shape index (κ1) is 18.2. The second kappa shape index (κ2) is 7.42. The largest absolute Gasteiger partial charge is 0.464 e. The lowest BCUT2D eigenvalue weighted by Gasteiger charge is -2.27. The lowest BCUT2D eigenvalue weighted by atomic mass is 10.2. The van der Waals surface area contributed by atoms with Crippen molar-refractivity contribution in [3.63, 3.8) is 0 Å². The summed E-state index contributed by atoms with van der Waals surface area (Å²) in [5, 5.41) is 3.14. The van der Waals surface area contributed by atoms with Gasteiger partial charge in [0.25, 0.3) is 0 Å². The highest BCUT2D eigenvalue weighted by Gasteiger charge is 2.31. The van der Waals surface area contributed by atoms with Gasteiger partial charge in [0, 0.05) is 18.7 Å². The first-order valence-electron chi connectivity index (χ1n) is 7.52. The summed E-state index contributed by atoms with van der Waals surface area (Å²) in [4.78, 5) is 0.282. The van der Waals surface area contributed by atoms with Crippen molar-refractivity contribution < 1.29 is 12.8 Å². The summed E-state index contributed by atoms with van der Waals surface area (Å²) in [6.45, 7) is 13.4. The standard InChI is InChI=1S/C15H28N2O3S/c1-7-16-9-14-8-15(13(6)20-14)21(18,19)17(12(4)5)10-11(2)3/h8,11-12,16H,7,9-10H2,1-6H3. The normalized spacial score (nSPS) is 12.8. The molecule has 0 aliphatic heterocycles. The topological polar surface area (TPSA) is 62.6 Å². The van der Waals surface area contributed by atoms with E-state index in [9.17, 15) is 8.42 Å². The fraction of sp³-hybridized carbons (Fsp3) is 0.733. The van der Waals surface area contributed by atoms with E-state index in [1.807, 2.05) is 34.6 Å². The molecule has 0 atom stereocenters. The molecular formula is C15H28N2O3S. The third-order valence-corrected chi connectivity index (χ3v) is 5.33. The first-order chi connectivity index (χ1) is 9.70. The van der Waals surface area contributed by atoms with Crippen molar-refractivity contribution in [1.29, 1.82) is 0 Å². The SMILES string of the molecule is CCNCc1cc(S(=O)(=O)N(CC(C)C)C(C)C)c(C)o1. The molecule has 5 nitrogen and oxygen atoms in total. The highest BCUT2D eigenvalue weighted by Crippen LogP contribution is 2.25. The van der Waals surface area contributed by atoms with Crippen LogP contribution in [-0.2, 0) is 16.6 Å². The lowest BCUT2D eigenvalue weighted by Crippen LogP contribution is -2.39. The van der Waals surface area contributed by atoms with Gasteiger partial charge in [-0.2, -0.15) is 4.31 Å². The molecule has 0 unspecified atom stereocenters. The molecule has 1 N–H and O–H groups in total. The molecule has 0 aliphatic rings. The van der Waals surface area contributed by atoms with Crippen LogP contribution in [0.25, 0.3) is 0 Å². The Morgan fingerprint density at radius 3 is 2.38 bits per heavy atom. The third kappa shape index (κ3) is 4.56. The van der Waals surface area contributed by atoms with E-state index in [0.717, 1.165) is 6.54 Å². The van der Waals surface area contributed by atoms with Gasteiger partial charge in [0.1, 0.15) is 16.4 Å². The van der Waals surface area contributed by atoms with Gasteiger partial charge in [-0.25, -0.2) is 8.42 Å². The van der Waals surface area contributed by atoms with Crippen LogP contribution in [0.5, 0.6) is 0 Å². The van der Waals surface area contributed by atoms with Crippen LogP contribution in [0.15, 0.2) is 15.4 Å². The van der Waals surface area contributed by atoms with Gasteiger partial charge in [0.05, 0.1) is 6.54 Å². The van der Waals surface area contributed by atoms with Crippen LogP contribution in [0.2, 0.25) is 0 Å². The van der Waals surface area contributed by atoms with Gasteiger partial charge in [-0.1, -0.05) is 20.8 Å². The molecule has 1 heterocycles. The lowest BCUT2D eigenvalue weighted by molar-refractivity contribution is 0.318. The molecular weight excluding hydrogens is 288 g/mol. The third-order valence-electron chi connectivity index (χ3n) is 3.18. The van der Waals surface area contributed by atoms with Gasteiger partial charge in [0.15, 0.2) is 0 Å². The van der Waals surface area contributed by atoms with E-state index in [2.05, 4.69) is 5.32 Å². The Balaban J connectivity index is 3.13. The molecule has 0 fully saturated rings. The van der Waals surface area contributed by atoms with E-state index in [-0.39, 0.29) is 16.9 Å². The molecule has 0 saturated carbocycles. The minimum atomic E-state index is -3.52. The Morgan fingerprint density at radius 1 is 1.29 bits per heavy atom. The predicted octanol–water partition coefficient (Wildman–Crippen LogP) is 2.75. The van der Waals surface area contributed by atoms with Gasteiger partial charge in [0.2, 0.25) is 10.0 Å². The summed E-state index contributed by atoms with van der Waals surface area (Å²) in [5.41, 5.74) is 0. The van der Waals surface area contributed by atoms with Gasteiger partial charge in [-0.3, -0.25) is 0 Å². The summed E-state index contributed by atoms with van der Waals surface area (Å²) in [6, 6.07) is 1.56. The summed E-state index contributed by atoms with van der Waals surface area (Å²) < 4.78 is 32.8. The van der Waals surface area contributed by atoms with Crippen LogP contribution in [-0.4, -0.2) is 31.9 Å². The van der Waals surface area contributed by atoms with Gasteiger partial charge in [-0.15, -0.1) is 0 Å². The second-order valence-corrected chi connectivity index (χ2v) is 7.83. The molecule has 0 saturated heterocycles. The van der Waals surface area contributed by atoms with Crippen LogP contribution < -0.4 is 5.32 Å². The van der Waals surface area contributed by atoms with E-state index in [1.54, 1.807) is 17.3 Å². The molecule has 122 valence electrons. The van der Waals surface area contributed by atoms with E-state index in [0.29, 0.717) is 24.6 Å². The molecule has 1 rings (SSSR count). The highest BCUT2D eigenvalue weighted by atomic mass is 32.2. The van der Waals surface area contributed by atoms with E-state index < -0.39 is 10.0 Å². The zero-order chi connectivity index (χ0) is 16.2. The first-order valence-corrected chi connectivity index (χ1v) is 8.96. The molecule has 0 bridgehead atoms. The number of sulfonamides is 1. The average Bonchev–Trinajstić information content (AvgIpc) is 2.74. The predicted molar refractivity (Wildman–Crippen MR) is 84.7 cm³/mol. The van der Waals surface area contributed by atoms with Crippen molar-refractivity contribution in [2.75, 3.05) is 13.1 Å². The second-order valence-electron chi connectivity index (χ2n) is 5.98. The maximum atomic E-state index is 12.9. The fourth-order valence-electron chi connectivity index (χ4n) is 2.19. The smallest absolute Gasteiger partial charge is 0.246 e. The van der Waals surface area contributed by atoms with Crippen molar-refractivity contribution >= 4 is 10.0 Å². The van der Waals surface area contributed by atoms with Crippen LogP contribution in [0, 0.1) is 12.8 Å². The summed E-state index contributed by atoms with van der Waals surface area (Å²) in [7, 11) is -3.52. The quantitative estimate of drug-likeness (QED) is 0.801. The van der Waals surface area contributed by atoms with Crippen LogP contribution in [0.4, 0.5) is 0 Å². The summed E-state index contributed by atoms with van der Waals surface area (Å²) >= 11 is 0. The average molecular weight is 316 g/mol. The summed E-state index contributed by atoms with van der Waals surface area (Å²) in [6.07, 6.45) is 0. The van der Waals surface area contributed by atoms with Gasteiger partial charge >= 0.3 is 0 Å². The maximum absolute atomic E-state index is 12.9. The van der Waals surface area contributed by atoms with E-state index in [4.69, 9.17) is 4.42 Å². The van der Waals surface area contributed by atoms with Crippen molar-refractivity contribution in [1.82, 2.24) is 9.62 Å². The monoisotopic (exact) mass is 316 g/mol. The number of nitrogens with zero attached hydrogens (tertiary/aromatic N) is 1. The van der Waals surface area contributed by atoms with Crippen molar-refractivity contribution in [3.8, 4) is 0 Å². The molecule has 21 heavy (non-hydrogen) atoms. The number of nitrogens with one attached hydrogen (secondary N) is 1. The molecule has 0 aliphatic carbocycles. The number of hydrogen-bond acceptors (Lipinski definition) is 4. The highest BCUT2D eigenvalue weighted by molar-refractivity contribution is 7.89. The Morgan fingerprint density at radius 2 is 1.90 bits per heavy atom. The van der Waals surface area contributed by atoms with Crippen LogP contribution in [0.3, 0.4) is 0 Å². The Bertz CT molecular complexity index is 547. The zero-order valence-electron chi connectivity index (χ0n) is 13.9. The molecule has 0 radical (unpaired) electrons. The molecule has 6 heteroatoms. The number of rotatable bonds is 8. The molecule has 0 amide bonds. The minimum absolute atomic E-state index is 0.0797. The Labute approximate surface area is 128 Å². The van der Waals surface area contributed by atoms with Gasteiger partial charge in [-0.05, 0) is 33.2 Å². The molecule has 1 aromatic heterocycles. The van der Waals surface area contributed by atoms with Crippen LogP contribution >= 0.6 is 0 Å². The van der Waals surface area contributed by atoms with Crippen LogP contribution in [0.1, 0.15) is 46.1 Å². The number of furan rings is 1. The summed E-state index contributed by atoms with van der Waals surface area (Å²) in [5.74, 6) is 1.38. The maximum Gasteiger partial charge on any atom is 0.246 e. The Kier molecular flexibility index (Phi) is 6.43. The zero-order valence-corrected chi connectivity index (χ0v) is 14.8. The Hall–Kier alpha value is -0.850. The van der Waals surface area contributed by atoms with Crippen molar-refractivity contribution in [2.24, 2.45) is 5.92 Å². The molecule has 0 spiro atoms. The van der Waals surface area contributed by atoms with Gasteiger partial charge < -0.3 is 9.73 Å².